The van der Waals surface area contributed by atoms with Crippen LogP contribution in [0.3, 0.4) is 0 Å². The van der Waals surface area contributed by atoms with Crippen LogP contribution in [0, 0.1) is 6.42 Å². The Morgan fingerprint density at radius 3 is 3.00 bits per heavy atom. The standard InChI is InChI=1S/C7H12N/c1-2-6-4-5-7(3-1)8-6/h2,6-8H,1,3-5H2. The molecule has 0 spiro atoms. The van der Waals surface area contributed by atoms with Gasteiger partial charge in [0.2, 0.25) is 0 Å². The molecule has 0 aromatic rings. The molecular weight excluding hydrogens is 98.1 g/mol. The average Bonchev–Trinajstić information content (AvgIpc) is 2.12. The van der Waals surface area contributed by atoms with Crippen molar-refractivity contribution in [1.82, 2.24) is 5.32 Å². The first-order chi connectivity index (χ1) is 3.95. The molecule has 2 saturated heterocycles. The minimum Gasteiger partial charge on any atom is -0.311 e. The van der Waals surface area contributed by atoms with Crippen LogP contribution in [-0.2, 0) is 0 Å². The normalized spacial score (nSPS) is 45.0. The third-order valence-corrected chi connectivity index (χ3v) is 2.24. The molecule has 0 aromatic heterocycles. The van der Waals surface area contributed by atoms with Gasteiger partial charge in [0, 0.05) is 12.1 Å². The van der Waals surface area contributed by atoms with E-state index in [0.29, 0.717) is 0 Å². The Kier molecular flexibility index (Phi) is 1.04. The summed E-state index contributed by atoms with van der Waals surface area (Å²) in [7, 11) is 0. The molecule has 2 heterocycles. The Labute approximate surface area is 50.5 Å². The molecule has 0 aliphatic carbocycles. The van der Waals surface area contributed by atoms with E-state index in [4.69, 9.17) is 0 Å². The molecule has 1 heteroatoms. The van der Waals surface area contributed by atoms with E-state index in [2.05, 4.69) is 11.7 Å². The van der Waals surface area contributed by atoms with E-state index in [1.807, 2.05) is 0 Å². The first-order valence-electron chi connectivity index (χ1n) is 3.54. The van der Waals surface area contributed by atoms with Crippen LogP contribution in [0.2, 0.25) is 0 Å². The molecule has 8 heavy (non-hydrogen) atoms. The van der Waals surface area contributed by atoms with Gasteiger partial charge in [-0.3, -0.25) is 0 Å². The van der Waals surface area contributed by atoms with E-state index in [0.717, 1.165) is 12.1 Å². The maximum absolute atomic E-state index is 3.53. The maximum atomic E-state index is 3.53. The summed E-state index contributed by atoms with van der Waals surface area (Å²) in [6.45, 7) is 0. The van der Waals surface area contributed by atoms with Crippen LogP contribution in [0.15, 0.2) is 0 Å². The Morgan fingerprint density at radius 2 is 2.25 bits per heavy atom. The van der Waals surface area contributed by atoms with E-state index >= 15 is 0 Å². The van der Waals surface area contributed by atoms with Crippen LogP contribution in [0.5, 0.6) is 0 Å². The molecule has 45 valence electrons. The van der Waals surface area contributed by atoms with E-state index in [1.165, 1.54) is 25.7 Å². The highest BCUT2D eigenvalue weighted by Gasteiger charge is 2.26. The van der Waals surface area contributed by atoms with Crippen molar-refractivity contribution in [2.24, 2.45) is 0 Å². The van der Waals surface area contributed by atoms with Gasteiger partial charge in [0.25, 0.3) is 0 Å². The largest absolute Gasteiger partial charge is 0.311 e. The Balaban J connectivity index is 2.03. The number of piperidine rings is 1. The van der Waals surface area contributed by atoms with Gasteiger partial charge in [0.15, 0.2) is 0 Å². The molecule has 0 aromatic carbocycles. The van der Waals surface area contributed by atoms with Gasteiger partial charge in [-0.15, -0.1) is 0 Å². The fourth-order valence-electron chi connectivity index (χ4n) is 1.76. The number of nitrogens with one attached hydrogen (secondary N) is 1. The van der Waals surface area contributed by atoms with Gasteiger partial charge in [-0.25, -0.2) is 0 Å². The maximum Gasteiger partial charge on any atom is 0.0102 e. The van der Waals surface area contributed by atoms with Crippen molar-refractivity contribution in [2.75, 3.05) is 0 Å². The van der Waals surface area contributed by atoms with Crippen molar-refractivity contribution < 1.29 is 0 Å². The number of hydrogen-bond donors (Lipinski definition) is 1. The Hall–Kier alpha value is -0.0400. The minimum absolute atomic E-state index is 0.786. The van der Waals surface area contributed by atoms with E-state index in [9.17, 15) is 0 Å². The smallest absolute Gasteiger partial charge is 0.0102 e. The molecule has 1 nitrogen and oxygen atoms in total. The first kappa shape index (κ1) is 4.80. The topological polar surface area (TPSA) is 12.0 Å². The number of rotatable bonds is 0. The molecule has 1 radical (unpaired) electrons. The third kappa shape index (κ3) is 0.655. The summed E-state index contributed by atoms with van der Waals surface area (Å²) >= 11 is 0. The zero-order chi connectivity index (χ0) is 5.40. The van der Waals surface area contributed by atoms with Crippen LogP contribution in [-0.4, -0.2) is 12.1 Å². The van der Waals surface area contributed by atoms with Gasteiger partial charge in [0.1, 0.15) is 0 Å². The fraction of sp³-hybridized carbons (Fsp3) is 0.857. The zero-order valence-corrected chi connectivity index (χ0v) is 5.06. The molecule has 1 N–H and O–H groups in total. The molecule has 2 rings (SSSR count). The Bertz CT molecular complexity index is 76.4. The van der Waals surface area contributed by atoms with Crippen molar-refractivity contribution in [2.45, 2.75) is 37.8 Å². The van der Waals surface area contributed by atoms with Gasteiger partial charge >= 0.3 is 0 Å². The summed E-state index contributed by atoms with van der Waals surface area (Å²) in [6, 6.07) is 1.67. The lowest BCUT2D eigenvalue weighted by Crippen LogP contribution is -2.33. The second-order valence-electron chi connectivity index (χ2n) is 2.86. The first-order valence-corrected chi connectivity index (χ1v) is 3.54. The third-order valence-electron chi connectivity index (χ3n) is 2.24. The molecule has 2 unspecified atom stereocenters. The van der Waals surface area contributed by atoms with Crippen molar-refractivity contribution in [3.63, 3.8) is 0 Å². The molecule has 2 fully saturated rings. The van der Waals surface area contributed by atoms with Crippen LogP contribution in [0.1, 0.15) is 25.7 Å². The van der Waals surface area contributed by atoms with Crippen LogP contribution in [0.25, 0.3) is 0 Å². The lowest BCUT2D eigenvalue weighted by Gasteiger charge is -2.19. The monoisotopic (exact) mass is 110 g/mol. The molecule has 2 aliphatic heterocycles. The molecule has 2 atom stereocenters. The molecule has 2 aliphatic rings. The summed E-state index contributed by atoms with van der Waals surface area (Å²) in [4.78, 5) is 0. The highest BCUT2D eigenvalue weighted by molar-refractivity contribution is 4.97. The van der Waals surface area contributed by atoms with Gasteiger partial charge in [0.05, 0.1) is 0 Å². The van der Waals surface area contributed by atoms with Gasteiger partial charge in [-0.05, 0) is 32.1 Å². The van der Waals surface area contributed by atoms with Crippen LogP contribution >= 0.6 is 0 Å². The van der Waals surface area contributed by atoms with Crippen LogP contribution in [0.4, 0.5) is 0 Å². The fourth-order valence-corrected chi connectivity index (χ4v) is 1.76. The quantitative estimate of drug-likeness (QED) is 0.492. The molecule has 2 bridgehead atoms. The predicted molar refractivity (Wildman–Crippen MR) is 33.5 cm³/mol. The summed E-state index contributed by atoms with van der Waals surface area (Å²) in [5, 5.41) is 3.53. The zero-order valence-electron chi connectivity index (χ0n) is 5.06. The minimum atomic E-state index is 0.786. The van der Waals surface area contributed by atoms with E-state index in [-0.39, 0.29) is 0 Å². The molecular formula is C7H12N. The second kappa shape index (κ2) is 1.73. The van der Waals surface area contributed by atoms with Gasteiger partial charge < -0.3 is 5.32 Å². The Morgan fingerprint density at radius 1 is 1.25 bits per heavy atom. The van der Waals surface area contributed by atoms with Crippen molar-refractivity contribution in [3.05, 3.63) is 6.42 Å². The lowest BCUT2D eigenvalue weighted by atomic mass is 10.1. The van der Waals surface area contributed by atoms with E-state index < -0.39 is 0 Å². The van der Waals surface area contributed by atoms with Gasteiger partial charge in [-0.2, -0.15) is 0 Å². The van der Waals surface area contributed by atoms with Crippen molar-refractivity contribution in [3.8, 4) is 0 Å². The van der Waals surface area contributed by atoms with Crippen molar-refractivity contribution >= 4 is 0 Å². The molecule has 0 amide bonds. The highest BCUT2D eigenvalue weighted by atomic mass is 15.0. The van der Waals surface area contributed by atoms with Crippen LogP contribution < -0.4 is 5.32 Å². The summed E-state index contributed by atoms with van der Waals surface area (Å²) < 4.78 is 0. The SMILES string of the molecule is [CH]1CCC2CCC1N2. The molecule has 0 saturated carbocycles. The summed E-state index contributed by atoms with van der Waals surface area (Å²) in [5.74, 6) is 0. The lowest BCUT2D eigenvalue weighted by molar-refractivity contribution is 0.474. The highest BCUT2D eigenvalue weighted by Crippen LogP contribution is 2.24. The average molecular weight is 110 g/mol. The number of hydrogen-bond acceptors (Lipinski definition) is 1. The van der Waals surface area contributed by atoms with E-state index in [1.54, 1.807) is 0 Å². The summed E-state index contributed by atoms with van der Waals surface area (Å²) in [5.41, 5.74) is 0. The number of fused-ring (bicyclic) bond motifs is 2. The summed E-state index contributed by atoms with van der Waals surface area (Å²) in [6.07, 6.45) is 7.97. The van der Waals surface area contributed by atoms with Crippen molar-refractivity contribution in [1.29, 1.82) is 0 Å². The van der Waals surface area contributed by atoms with Gasteiger partial charge in [-0.1, -0.05) is 0 Å². The predicted octanol–water partition coefficient (Wildman–Crippen LogP) is 1.11. The second-order valence-corrected chi connectivity index (χ2v) is 2.86.